The van der Waals surface area contributed by atoms with E-state index in [1.54, 1.807) is 18.2 Å². The van der Waals surface area contributed by atoms with E-state index in [0.29, 0.717) is 5.56 Å². The quantitative estimate of drug-likeness (QED) is 0.550. The van der Waals surface area contributed by atoms with E-state index in [-0.39, 0.29) is 35.1 Å². The Balaban J connectivity index is 1.67. The van der Waals surface area contributed by atoms with Crippen LogP contribution in [0.2, 0.25) is 0 Å². The largest absolute Gasteiger partial charge is 0.351 e. The Morgan fingerprint density at radius 3 is 2.66 bits per heavy atom. The van der Waals surface area contributed by atoms with Crippen LogP contribution >= 0.6 is 0 Å². The number of aliphatic imine (C=N–C) groups is 1. The number of sulfonamides is 1. The maximum atomic E-state index is 12.3. The van der Waals surface area contributed by atoms with Gasteiger partial charge in [0.2, 0.25) is 0 Å². The summed E-state index contributed by atoms with van der Waals surface area (Å²) < 4.78 is 26.7. The number of nitrogens with one attached hydrogen (secondary N) is 2. The molecule has 9 nitrogen and oxygen atoms in total. The van der Waals surface area contributed by atoms with Crippen LogP contribution in [0.1, 0.15) is 29.8 Å². The van der Waals surface area contributed by atoms with E-state index in [2.05, 4.69) is 15.0 Å². The minimum absolute atomic E-state index is 0.157. The molecule has 1 heterocycles. The van der Waals surface area contributed by atoms with Gasteiger partial charge in [0.1, 0.15) is 5.84 Å². The van der Waals surface area contributed by atoms with Crippen LogP contribution in [-0.4, -0.2) is 38.2 Å². The average molecular weight is 416 g/mol. The number of amides is 1. The van der Waals surface area contributed by atoms with Crippen molar-refractivity contribution in [1.29, 1.82) is 0 Å². The predicted molar refractivity (Wildman–Crippen MR) is 107 cm³/mol. The molecule has 0 unspecified atom stereocenters. The number of non-ortho nitro benzene ring substituents is 1. The molecule has 0 saturated heterocycles. The molecule has 0 saturated carbocycles. The summed E-state index contributed by atoms with van der Waals surface area (Å²) >= 11 is 0. The van der Waals surface area contributed by atoms with Gasteiger partial charge >= 0.3 is 0 Å². The summed E-state index contributed by atoms with van der Waals surface area (Å²) in [5.41, 5.74) is 0.0741. The summed E-state index contributed by atoms with van der Waals surface area (Å²) in [7, 11) is -3.60. The zero-order chi connectivity index (χ0) is 21.2. The second kappa shape index (κ2) is 7.63. The summed E-state index contributed by atoms with van der Waals surface area (Å²) in [6, 6.07) is 12.1. The highest BCUT2D eigenvalue weighted by Crippen LogP contribution is 2.23. The number of carbonyl (C=O) groups excluding carboxylic acids is 1. The van der Waals surface area contributed by atoms with E-state index in [0.717, 1.165) is 0 Å². The average Bonchev–Trinajstić information content (AvgIpc) is 2.95. The van der Waals surface area contributed by atoms with Crippen LogP contribution in [0.4, 0.5) is 5.69 Å². The topological polar surface area (TPSA) is 131 Å². The van der Waals surface area contributed by atoms with E-state index < -0.39 is 26.3 Å². The van der Waals surface area contributed by atoms with Gasteiger partial charge in [-0.2, -0.15) is 0 Å². The van der Waals surface area contributed by atoms with Crippen LogP contribution in [-0.2, 0) is 10.0 Å². The molecule has 29 heavy (non-hydrogen) atoms. The van der Waals surface area contributed by atoms with Crippen molar-refractivity contribution in [2.45, 2.75) is 18.7 Å². The molecule has 3 rings (SSSR count). The molecule has 0 aliphatic carbocycles. The van der Waals surface area contributed by atoms with Crippen LogP contribution in [0.15, 0.2) is 58.4 Å². The van der Waals surface area contributed by atoms with Gasteiger partial charge in [0.05, 0.1) is 9.82 Å². The van der Waals surface area contributed by atoms with Crippen molar-refractivity contribution < 1.29 is 18.1 Å². The van der Waals surface area contributed by atoms with Crippen LogP contribution in [0, 0.1) is 15.5 Å². The third-order valence-electron chi connectivity index (χ3n) is 4.37. The monoisotopic (exact) mass is 416 g/mol. The van der Waals surface area contributed by atoms with Crippen molar-refractivity contribution in [2.75, 3.05) is 13.1 Å². The van der Waals surface area contributed by atoms with Crippen molar-refractivity contribution in [3.63, 3.8) is 0 Å². The first-order chi connectivity index (χ1) is 13.6. The fourth-order valence-electron chi connectivity index (χ4n) is 2.78. The molecule has 0 fully saturated rings. The van der Waals surface area contributed by atoms with E-state index in [4.69, 9.17) is 0 Å². The molecule has 2 aromatic rings. The van der Waals surface area contributed by atoms with Gasteiger partial charge in [-0.25, -0.2) is 8.42 Å². The van der Waals surface area contributed by atoms with Gasteiger partial charge in [-0.05, 0) is 18.2 Å². The van der Waals surface area contributed by atoms with E-state index in [9.17, 15) is 23.3 Å². The Morgan fingerprint density at radius 2 is 1.93 bits per heavy atom. The third kappa shape index (κ3) is 4.60. The second-order valence-electron chi connectivity index (χ2n) is 7.42. The summed E-state index contributed by atoms with van der Waals surface area (Å²) in [5, 5.41) is 13.6. The highest BCUT2D eigenvalue weighted by atomic mass is 32.2. The lowest BCUT2D eigenvalue weighted by molar-refractivity contribution is -0.384. The highest BCUT2D eigenvalue weighted by Gasteiger charge is 2.31. The fraction of sp³-hybridized carbons (Fsp3) is 0.263. The molecule has 0 bridgehead atoms. The maximum absolute atomic E-state index is 12.3. The molecule has 10 heteroatoms. The minimum Gasteiger partial charge on any atom is -0.351 e. The lowest BCUT2D eigenvalue weighted by Gasteiger charge is -2.23. The first-order valence-corrected chi connectivity index (χ1v) is 10.3. The molecule has 0 spiro atoms. The molecule has 0 atom stereocenters. The molecule has 1 aliphatic rings. The summed E-state index contributed by atoms with van der Waals surface area (Å²) in [6.07, 6.45) is 0. The number of carbonyl (C=O) groups is 1. The smallest absolute Gasteiger partial charge is 0.270 e. The number of amidine groups is 1. The lowest BCUT2D eigenvalue weighted by atomic mass is 9.93. The zero-order valence-corrected chi connectivity index (χ0v) is 16.7. The minimum atomic E-state index is -3.60. The van der Waals surface area contributed by atoms with E-state index in [1.807, 2.05) is 13.8 Å². The normalized spacial score (nSPS) is 16.1. The van der Waals surface area contributed by atoms with Gasteiger partial charge in [0, 0.05) is 41.8 Å². The molecule has 152 valence electrons. The fourth-order valence-corrected chi connectivity index (χ4v) is 4.03. The molecule has 0 radical (unpaired) electrons. The van der Waals surface area contributed by atoms with Crippen molar-refractivity contribution >= 4 is 27.5 Å². The Bertz CT molecular complexity index is 1110. The van der Waals surface area contributed by atoms with E-state index >= 15 is 0 Å². The van der Waals surface area contributed by atoms with Gasteiger partial charge in [-0.1, -0.05) is 32.0 Å². The Labute approximate surface area is 168 Å². The number of benzene rings is 2. The van der Waals surface area contributed by atoms with Crippen molar-refractivity contribution in [3.8, 4) is 0 Å². The summed E-state index contributed by atoms with van der Waals surface area (Å²) in [4.78, 5) is 27.2. The van der Waals surface area contributed by atoms with Gasteiger partial charge in [0.25, 0.3) is 21.6 Å². The van der Waals surface area contributed by atoms with Gasteiger partial charge in [-0.3, -0.25) is 24.6 Å². The van der Waals surface area contributed by atoms with Crippen LogP contribution in [0.25, 0.3) is 0 Å². The molecule has 0 aromatic heterocycles. The first-order valence-electron chi connectivity index (χ1n) is 8.78. The van der Waals surface area contributed by atoms with Crippen molar-refractivity contribution in [1.82, 2.24) is 10.0 Å². The predicted octanol–water partition coefficient (Wildman–Crippen LogP) is 2.09. The summed E-state index contributed by atoms with van der Waals surface area (Å²) in [6.45, 7) is 4.26. The van der Waals surface area contributed by atoms with Crippen molar-refractivity contribution in [3.05, 3.63) is 69.8 Å². The number of rotatable bonds is 6. The first kappa shape index (κ1) is 20.5. The number of nitro benzene ring substituents is 1. The standard InChI is InChI=1S/C19H20N4O5S/c1-19(2,12-21-18(24)13-6-5-7-14(10-13)23(25)26)11-20-17-15-8-3-4-9-16(15)29(27,28)22-17/h3-10H,11-12H2,1-2H3,(H,20,22)(H,21,24). The van der Waals surface area contributed by atoms with Gasteiger partial charge in [-0.15, -0.1) is 0 Å². The van der Waals surface area contributed by atoms with E-state index in [1.165, 1.54) is 30.3 Å². The van der Waals surface area contributed by atoms with Crippen molar-refractivity contribution in [2.24, 2.45) is 10.4 Å². The third-order valence-corrected chi connectivity index (χ3v) is 5.77. The molecule has 2 aromatic carbocycles. The maximum Gasteiger partial charge on any atom is 0.270 e. The molecular weight excluding hydrogens is 396 g/mol. The number of nitro groups is 1. The summed E-state index contributed by atoms with van der Waals surface area (Å²) in [5.74, 6) is -0.153. The molecular formula is C19H20N4O5S. The van der Waals surface area contributed by atoms with Gasteiger partial charge < -0.3 is 5.32 Å². The van der Waals surface area contributed by atoms with Crippen LogP contribution < -0.4 is 10.0 Å². The molecule has 2 N–H and O–H groups in total. The Hall–Kier alpha value is -3.27. The zero-order valence-electron chi connectivity index (χ0n) is 15.9. The Morgan fingerprint density at radius 1 is 1.21 bits per heavy atom. The number of nitrogens with zero attached hydrogens (tertiary/aromatic N) is 2. The van der Waals surface area contributed by atoms with Crippen LogP contribution in [0.5, 0.6) is 0 Å². The highest BCUT2D eigenvalue weighted by molar-refractivity contribution is 7.90. The van der Waals surface area contributed by atoms with Gasteiger partial charge in [0.15, 0.2) is 0 Å². The molecule has 1 amide bonds. The SMILES string of the molecule is CC(C)(CN=C1NS(=O)(=O)c2ccccc21)CNC(=O)c1cccc([N+](=O)[O-])c1. The molecule has 1 aliphatic heterocycles. The Kier molecular flexibility index (Phi) is 5.38. The lowest BCUT2D eigenvalue weighted by Crippen LogP contribution is -2.36. The number of hydrogen-bond acceptors (Lipinski definition) is 6. The number of hydrogen-bond donors (Lipinski definition) is 2. The number of fused-ring (bicyclic) bond motifs is 1. The second-order valence-corrected chi connectivity index (χ2v) is 9.07. The van der Waals surface area contributed by atoms with Crippen LogP contribution in [0.3, 0.4) is 0 Å².